The van der Waals surface area contributed by atoms with Crippen LogP contribution in [0.2, 0.25) is 0 Å². The number of carbonyl (C=O) groups is 3. The monoisotopic (exact) mass is 450 g/mol. The van der Waals surface area contributed by atoms with Gasteiger partial charge in [0.2, 0.25) is 5.91 Å². The molecule has 0 bridgehead atoms. The number of nitrogens with one attached hydrogen (secondary N) is 1. The van der Waals surface area contributed by atoms with Crippen LogP contribution in [0.25, 0.3) is 11.1 Å². The number of hydrogen-bond acceptors (Lipinski definition) is 4. The van der Waals surface area contributed by atoms with E-state index in [1.54, 1.807) is 18.7 Å². The van der Waals surface area contributed by atoms with Gasteiger partial charge in [0.1, 0.15) is 6.61 Å². The molecule has 2 N–H and O–H groups in total. The van der Waals surface area contributed by atoms with Gasteiger partial charge in [0.15, 0.2) is 0 Å². The number of carbonyl (C=O) groups excluding carboxylic acids is 2. The summed E-state index contributed by atoms with van der Waals surface area (Å²) in [5, 5.41) is 12.0. The van der Waals surface area contributed by atoms with Crippen molar-refractivity contribution in [2.24, 2.45) is 11.8 Å². The summed E-state index contributed by atoms with van der Waals surface area (Å²) >= 11 is 0. The van der Waals surface area contributed by atoms with Gasteiger partial charge in [-0.1, -0.05) is 55.5 Å². The number of fused-ring (bicyclic) bond motifs is 3. The zero-order valence-corrected chi connectivity index (χ0v) is 19.0. The molecule has 0 saturated carbocycles. The summed E-state index contributed by atoms with van der Waals surface area (Å²) in [6, 6.07) is 15.8. The first-order valence-corrected chi connectivity index (χ1v) is 11.5. The van der Waals surface area contributed by atoms with Crippen LogP contribution in [-0.2, 0) is 14.3 Å². The maximum atomic E-state index is 12.9. The molecule has 7 heteroatoms. The van der Waals surface area contributed by atoms with Crippen molar-refractivity contribution < 1.29 is 24.2 Å². The first kappa shape index (κ1) is 22.8. The number of ether oxygens (including phenoxy) is 1. The molecule has 0 aromatic heterocycles. The largest absolute Gasteiger partial charge is 0.481 e. The lowest BCUT2D eigenvalue weighted by Gasteiger charge is -2.34. The second kappa shape index (κ2) is 9.65. The van der Waals surface area contributed by atoms with Gasteiger partial charge in [-0.25, -0.2) is 4.79 Å². The summed E-state index contributed by atoms with van der Waals surface area (Å²) in [4.78, 5) is 38.3. The molecule has 174 valence electrons. The Labute approximate surface area is 193 Å². The van der Waals surface area contributed by atoms with Crippen LogP contribution in [0, 0.1) is 11.8 Å². The Balaban J connectivity index is 1.33. The number of nitrogens with zero attached hydrogens (tertiary/aromatic N) is 1. The van der Waals surface area contributed by atoms with E-state index in [-0.39, 0.29) is 25.0 Å². The molecule has 4 rings (SSSR count). The van der Waals surface area contributed by atoms with Gasteiger partial charge < -0.3 is 20.1 Å². The van der Waals surface area contributed by atoms with Crippen LogP contribution < -0.4 is 5.32 Å². The maximum Gasteiger partial charge on any atom is 0.407 e. The van der Waals surface area contributed by atoms with Crippen LogP contribution >= 0.6 is 0 Å². The van der Waals surface area contributed by atoms with E-state index >= 15 is 0 Å². The standard InChI is InChI=1S/C26H30N2O5/c1-16(24(29)28-13-7-8-18(14-28)25(30)31)17(2)27-26(32)33-15-23-21-11-5-3-9-19(21)20-10-4-6-12-22(20)23/h3-6,9-12,16-18,23H,7-8,13-15H2,1-2H3,(H,27,32)(H,30,31)/t16?,17?,18-/m1/s1. The van der Waals surface area contributed by atoms with Gasteiger partial charge in [-0.3, -0.25) is 9.59 Å². The molecule has 3 atom stereocenters. The molecule has 1 heterocycles. The summed E-state index contributed by atoms with van der Waals surface area (Å²) in [7, 11) is 0. The van der Waals surface area contributed by atoms with E-state index in [9.17, 15) is 19.5 Å². The smallest absolute Gasteiger partial charge is 0.407 e. The Kier molecular flexibility index (Phi) is 6.67. The summed E-state index contributed by atoms with van der Waals surface area (Å²) in [6.07, 6.45) is 0.691. The number of aliphatic carboxylic acids is 1. The first-order valence-electron chi connectivity index (χ1n) is 11.5. The van der Waals surface area contributed by atoms with E-state index in [0.717, 1.165) is 22.3 Å². The topological polar surface area (TPSA) is 95.9 Å². The van der Waals surface area contributed by atoms with Crippen LogP contribution in [0.15, 0.2) is 48.5 Å². The molecule has 2 aromatic rings. The van der Waals surface area contributed by atoms with Crippen molar-refractivity contribution in [3.63, 3.8) is 0 Å². The Hall–Kier alpha value is -3.35. The van der Waals surface area contributed by atoms with Crippen molar-refractivity contribution in [1.82, 2.24) is 10.2 Å². The van der Waals surface area contributed by atoms with Crippen LogP contribution in [0.4, 0.5) is 4.79 Å². The highest BCUT2D eigenvalue weighted by Crippen LogP contribution is 2.44. The van der Waals surface area contributed by atoms with E-state index in [4.69, 9.17) is 4.74 Å². The van der Waals surface area contributed by atoms with Crippen LogP contribution in [-0.4, -0.2) is 53.7 Å². The highest BCUT2D eigenvalue weighted by Gasteiger charge is 2.33. The van der Waals surface area contributed by atoms with Crippen molar-refractivity contribution in [3.8, 4) is 11.1 Å². The predicted molar refractivity (Wildman–Crippen MR) is 124 cm³/mol. The molecule has 0 radical (unpaired) electrons. The average molecular weight is 451 g/mol. The highest BCUT2D eigenvalue weighted by molar-refractivity contribution is 5.81. The SMILES string of the molecule is CC(NC(=O)OCC1c2ccccc2-c2ccccc21)C(C)C(=O)N1CCC[C@@H](C(=O)O)C1. The molecule has 2 amide bonds. The minimum Gasteiger partial charge on any atom is -0.481 e. The third-order valence-corrected chi connectivity index (χ3v) is 6.91. The van der Waals surface area contributed by atoms with Crippen molar-refractivity contribution in [1.29, 1.82) is 0 Å². The summed E-state index contributed by atoms with van der Waals surface area (Å²) in [6.45, 7) is 4.49. The fourth-order valence-corrected chi connectivity index (χ4v) is 4.83. The average Bonchev–Trinajstić information content (AvgIpc) is 3.15. The van der Waals surface area contributed by atoms with Crippen molar-refractivity contribution in [2.45, 2.75) is 38.6 Å². The van der Waals surface area contributed by atoms with Gasteiger partial charge in [-0.15, -0.1) is 0 Å². The second-order valence-corrected chi connectivity index (χ2v) is 9.01. The number of likely N-dealkylation sites (tertiary alicyclic amines) is 1. The molecule has 7 nitrogen and oxygen atoms in total. The number of piperidine rings is 1. The Morgan fingerprint density at radius 3 is 2.27 bits per heavy atom. The van der Waals surface area contributed by atoms with Crippen LogP contribution in [0.5, 0.6) is 0 Å². The number of alkyl carbamates (subject to hydrolysis) is 1. The molecule has 1 fully saturated rings. The molecule has 1 aliphatic carbocycles. The number of benzene rings is 2. The van der Waals surface area contributed by atoms with Crippen molar-refractivity contribution in [3.05, 3.63) is 59.7 Å². The number of hydrogen-bond donors (Lipinski definition) is 2. The molecule has 2 unspecified atom stereocenters. The third-order valence-electron chi connectivity index (χ3n) is 6.91. The van der Waals surface area contributed by atoms with E-state index in [2.05, 4.69) is 29.6 Å². The third kappa shape index (κ3) is 4.72. The number of carboxylic acids is 1. The fraction of sp³-hybridized carbons (Fsp3) is 0.423. The lowest BCUT2D eigenvalue weighted by atomic mass is 9.95. The fourth-order valence-electron chi connectivity index (χ4n) is 4.83. The minimum absolute atomic E-state index is 0.0289. The van der Waals surface area contributed by atoms with Gasteiger partial charge in [-0.05, 0) is 42.0 Å². The van der Waals surface area contributed by atoms with E-state index in [1.807, 2.05) is 24.3 Å². The summed E-state index contributed by atoms with van der Waals surface area (Å²) < 4.78 is 5.58. The summed E-state index contributed by atoms with van der Waals surface area (Å²) in [5.74, 6) is -2.06. The van der Waals surface area contributed by atoms with Gasteiger partial charge in [0.25, 0.3) is 0 Å². The van der Waals surface area contributed by atoms with Crippen LogP contribution in [0.1, 0.15) is 43.7 Å². The van der Waals surface area contributed by atoms with Gasteiger partial charge in [-0.2, -0.15) is 0 Å². The van der Waals surface area contributed by atoms with Crippen molar-refractivity contribution >= 4 is 18.0 Å². The Bertz CT molecular complexity index is 1010. The highest BCUT2D eigenvalue weighted by atomic mass is 16.5. The molecular formula is C26H30N2O5. The zero-order chi connectivity index (χ0) is 23.5. The molecular weight excluding hydrogens is 420 g/mol. The van der Waals surface area contributed by atoms with E-state index in [1.165, 1.54) is 0 Å². The lowest BCUT2D eigenvalue weighted by molar-refractivity contribution is -0.146. The predicted octanol–water partition coefficient (Wildman–Crippen LogP) is 3.87. The normalized spacial score (nSPS) is 19.2. The van der Waals surface area contributed by atoms with Crippen molar-refractivity contribution in [2.75, 3.05) is 19.7 Å². The summed E-state index contributed by atoms with van der Waals surface area (Å²) in [5.41, 5.74) is 4.61. The number of carboxylic acid groups (broad SMARTS) is 1. The molecule has 0 spiro atoms. The van der Waals surface area contributed by atoms with E-state index < -0.39 is 29.9 Å². The van der Waals surface area contributed by atoms with E-state index in [0.29, 0.717) is 19.4 Å². The lowest BCUT2D eigenvalue weighted by Crippen LogP contribution is -2.49. The molecule has 2 aliphatic rings. The Morgan fingerprint density at radius 1 is 1.06 bits per heavy atom. The molecule has 1 saturated heterocycles. The zero-order valence-electron chi connectivity index (χ0n) is 19.0. The van der Waals surface area contributed by atoms with Gasteiger partial charge >= 0.3 is 12.1 Å². The first-order chi connectivity index (χ1) is 15.9. The van der Waals surface area contributed by atoms with Crippen LogP contribution in [0.3, 0.4) is 0 Å². The molecule has 2 aromatic carbocycles. The van der Waals surface area contributed by atoms with Gasteiger partial charge in [0, 0.05) is 25.0 Å². The second-order valence-electron chi connectivity index (χ2n) is 9.01. The number of rotatable bonds is 6. The number of amides is 2. The maximum absolute atomic E-state index is 12.9. The molecule has 1 aliphatic heterocycles. The molecule has 33 heavy (non-hydrogen) atoms. The Morgan fingerprint density at radius 2 is 1.67 bits per heavy atom. The van der Waals surface area contributed by atoms with Gasteiger partial charge in [0.05, 0.1) is 11.8 Å². The minimum atomic E-state index is -0.870. The quantitative estimate of drug-likeness (QED) is 0.697.